The molecule has 2 heterocycles. The third kappa shape index (κ3) is 1.31. The molecule has 2 rings (SSSR count). The first-order valence-corrected chi connectivity index (χ1v) is 3.41. The quantitative estimate of drug-likeness (QED) is 0.706. The zero-order valence-electron chi connectivity index (χ0n) is 5.94. The fourth-order valence-electron chi connectivity index (χ4n) is 0.901. The number of nitrogens with zero attached hydrogens (tertiary/aromatic N) is 3. The number of hydrogen-bond acceptors (Lipinski definition) is 3. The Balaban J connectivity index is 0.000000720. The number of anilines is 1. The molecule has 64 valence electrons. The largest absolute Gasteiger partial charge is 0.396 e. The molecule has 0 unspecified atom stereocenters. The van der Waals surface area contributed by atoms with Crippen LogP contribution in [0.1, 0.15) is 0 Å². The van der Waals surface area contributed by atoms with Crippen LogP contribution in [0.4, 0.5) is 5.69 Å². The van der Waals surface area contributed by atoms with Gasteiger partial charge in [0, 0.05) is 6.20 Å². The van der Waals surface area contributed by atoms with Crippen LogP contribution in [0.3, 0.4) is 0 Å². The normalized spacial score (nSPS) is 9.75. The summed E-state index contributed by atoms with van der Waals surface area (Å²) in [4.78, 5) is 3.90. The second-order valence-corrected chi connectivity index (χ2v) is 2.45. The van der Waals surface area contributed by atoms with Crippen molar-refractivity contribution in [1.82, 2.24) is 14.6 Å². The molecule has 0 spiro atoms. The lowest BCUT2D eigenvalue weighted by molar-refractivity contribution is 0.963. The number of aromatic nitrogens is 3. The molecule has 12 heavy (non-hydrogen) atoms. The molecule has 0 saturated carbocycles. The summed E-state index contributed by atoms with van der Waals surface area (Å²) in [6.45, 7) is 0. The molecule has 2 aromatic rings. The summed E-state index contributed by atoms with van der Waals surface area (Å²) in [6, 6.07) is 3.54. The summed E-state index contributed by atoms with van der Waals surface area (Å²) in [6.07, 6.45) is 1.74. The molecule has 0 saturated heterocycles. The average Bonchev–Trinajstić information content (AvgIpc) is 2.31. The van der Waals surface area contributed by atoms with Crippen molar-refractivity contribution >= 4 is 35.3 Å². The lowest BCUT2D eigenvalue weighted by atomic mass is 10.4. The van der Waals surface area contributed by atoms with Crippen LogP contribution in [0.2, 0.25) is 5.28 Å². The molecule has 0 aliphatic carbocycles. The molecule has 0 aromatic carbocycles. The van der Waals surface area contributed by atoms with Crippen LogP contribution < -0.4 is 5.73 Å². The van der Waals surface area contributed by atoms with Gasteiger partial charge in [0.05, 0.1) is 5.69 Å². The fraction of sp³-hybridized carbons (Fsp3) is 0. The lowest BCUT2D eigenvalue weighted by Gasteiger charge is -1.92. The Labute approximate surface area is 79.8 Å². The minimum atomic E-state index is 0. The minimum absolute atomic E-state index is 0. The van der Waals surface area contributed by atoms with E-state index < -0.39 is 0 Å². The summed E-state index contributed by atoms with van der Waals surface area (Å²) in [7, 11) is 0. The molecule has 0 atom stereocenters. The molecular weight excluding hydrogens is 199 g/mol. The summed E-state index contributed by atoms with van der Waals surface area (Å²) < 4.78 is 1.54. The van der Waals surface area contributed by atoms with E-state index in [0.29, 0.717) is 11.3 Å². The van der Waals surface area contributed by atoms with Crippen molar-refractivity contribution in [3.63, 3.8) is 0 Å². The summed E-state index contributed by atoms with van der Waals surface area (Å²) in [5.74, 6) is 0. The molecule has 0 amide bonds. The first-order valence-electron chi connectivity index (χ1n) is 3.04. The Morgan fingerprint density at radius 2 is 2.25 bits per heavy atom. The number of pyridine rings is 1. The number of nitrogens with two attached hydrogens (primary N) is 1. The van der Waals surface area contributed by atoms with Crippen molar-refractivity contribution in [2.24, 2.45) is 0 Å². The Morgan fingerprint density at radius 1 is 1.50 bits per heavy atom. The van der Waals surface area contributed by atoms with E-state index in [9.17, 15) is 0 Å². The predicted molar refractivity (Wildman–Crippen MR) is 49.7 cm³/mol. The Kier molecular flexibility index (Phi) is 2.40. The first kappa shape index (κ1) is 9.09. The van der Waals surface area contributed by atoms with Crippen molar-refractivity contribution in [2.45, 2.75) is 0 Å². The number of halogens is 2. The lowest BCUT2D eigenvalue weighted by Crippen LogP contribution is -1.91. The van der Waals surface area contributed by atoms with Gasteiger partial charge < -0.3 is 5.73 Å². The van der Waals surface area contributed by atoms with Crippen molar-refractivity contribution < 1.29 is 0 Å². The Bertz CT molecular complexity index is 397. The van der Waals surface area contributed by atoms with Crippen LogP contribution in [0.15, 0.2) is 18.3 Å². The summed E-state index contributed by atoms with van der Waals surface area (Å²) in [5.41, 5.74) is 6.76. The van der Waals surface area contributed by atoms with Crippen molar-refractivity contribution in [2.75, 3.05) is 5.73 Å². The molecule has 0 radical (unpaired) electrons. The highest BCUT2D eigenvalue weighted by atomic mass is 35.5. The zero-order chi connectivity index (χ0) is 7.84. The molecular formula is C6H6Cl2N4. The summed E-state index contributed by atoms with van der Waals surface area (Å²) in [5, 5.41) is 4.08. The second kappa shape index (κ2) is 3.16. The Hall–Kier alpha value is -1.00. The van der Waals surface area contributed by atoms with E-state index in [1.54, 1.807) is 18.3 Å². The number of fused-ring (bicyclic) bond motifs is 1. The molecule has 0 aliphatic heterocycles. The minimum Gasteiger partial charge on any atom is -0.396 e. The zero-order valence-corrected chi connectivity index (χ0v) is 7.51. The smallest absolute Gasteiger partial charge is 0.243 e. The van der Waals surface area contributed by atoms with Gasteiger partial charge in [0.2, 0.25) is 5.28 Å². The van der Waals surface area contributed by atoms with E-state index in [2.05, 4.69) is 10.1 Å². The third-order valence-corrected chi connectivity index (χ3v) is 1.53. The SMILES string of the molecule is Cl.Nc1cccn2nc(Cl)nc12. The summed E-state index contributed by atoms with van der Waals surface area (Å²) >= 11 is 5.56. The van der Waals surface area contributed by atoms with Gasteiger partial charge in [-0.3, -0.25) is 0 Å². The van der Waals surface area contributed by atoms with Gasteiger partial charge in [0.15, 0.2) is 5.65 Å². The number of hydrogen-bond donors (Lipinski definition) is 1. The monoisotopic (exact) mass is 204 g/mol. The van der Waals surface area contributed by atoms with E-state index in [0.717, 1.165) is 0 Å². The molecule has 0 fully saturated rings. The van der Waals surface area contributed by atoms with Gasteiger partial charge in [-0.05, 0) is 23.7 Å². The molecule has 2 N–H and O–H groups in total. The third-order valence-electron chi connectivity index (χ3n) is 1.37. The van der Waals surface area contributed by atoms with E-state index in [1.165, 1.54) is 4.52 Å². The van der Waals surface area contributed by atoms with Crippen molar-refractivity contribution in [3.8, 4) is 0 Å². The van der Waals surface area contributed by atoms with Crippen molar-refractivity contribution in [3.05, 3.63) is 23.6 Å². The second-order valence-electron chi connectivity index (χ2n) is 2.11. The number of rotatable bonds is 0. The first-order chi connectivity index (χ1) is 5.27. The highest BCUT2D eigenvalue weighted by molar-refractivity contribution is 6.28. The van der Waals surface area contributed by atoms with Gasteiger partial charge in [-0.1, -0.05) is 0 Å². The van der Waals surface area contributed by atoms with Crippen LogP contribution in [-0.4, -0.2) is 14.6 Å². The van der Waals surface area contributed by atoms with Crippen molar-refractivity contribution in [1.29, 1.82) is 0 Å². The van der Waals surface area contributed by atoms with Crippen LogP contribution in [0.25, 0.3) is 5.65 Å². The van der Waals surface area contributed by atoms with Crippen LogP contribution in [-0.2, 0) is 0 Å². The van der Waals surface area contributed by atoms with Crippen LogP contribution in [0.5, 0.6) is 0 Å². The fourth-order valence-corrected chi connectivity index (χ4v) is 1.06. The van der Waals surface area contributed by atoms with Gasteiger partial charge in [-0.25, -0.2) is 4.52 Å². The predicted octanol–water partition coefficient (Wildman–Crippen LogP) is 1.39. The standard InChI is InChI=1S/C6H5ClN4.ClH/c7-6-9-5-4(8)2-1-3-11(5)10-6;/h1-3H,8H2;1H. The van der Waals surface area contributed by atoms with E-state index in [4.69, 9.17) is 17.3 Å². The van der Waals surface area contributed by atoms with Gasteiger partial charge in [0.25, 0.3) is 0 Å². The maximum Gasteiger partial charge on any atom is 0.243 e. The Morgan fingerprint density at radius 3 is 2.92 bits per heavy atom. The van der Waals surface area contributed by atoms with Gasteiger partial charge >= 0.3 is 0 Å². The topological polar surface area (TPSA) is 56.2 Å². The highest BCUT2D eigenvalue weighted by Gasteiger charge is 2.01. The van der Waals surface area contributed by atoms with E-state index >= 15 is 0 Å². The maximum absolute atomic E-state index is 5.59. The molecule has 0 bridgehead atoms. The highest BCUT2D eigenvalue weighted by Crippen LogP contribution is 2.11. The molecule has 6 heteroatoms. The maximum atomic E-state index is 5.59. The van der Waals surface area contributed by atoms with Gasteiger partial charge in [-0.15, -0.1) is 17.5 Å². The molecule has 2 aromatic heterocycles. The van der Waals surface area contributed by atoms with E-state index in [-0.39, 0.29) is 17.7 Å². The van der Waals surface area contributed by atoms with E-state index in [1.807, 2.05) is 0 Å². The van der Waals surface area contributed by atoms with Crippen LogP contribution in [0, 0.1) is 0 Å². The van der Waals surface area contributed by atoms with Gasteiger partial charge in [0.1, 0.15) is 0 Å². The molecule has 4 nitrogen and oxygen atoms in total. The average molecular weight is 205 g/mol. The molecule has 0 aliphatic rings. The van der Waals surface area contributed by atoms with Crippen LogP contribution >= 0.6 is 24.0 Å². The number of nitrogen functional groups attached to an aromatic ring is 1. The van der Waals surface area contributed by atoms with Gasteiger partial charge in [-0.2, -0.15) is 4.98 Å².